The van der Waals surface area contributed by atoms with Crippen molar-refractivity contribution in [1.82, 2.24) is 0 Å². The van der Waals surface area contributed by atoms with Gasteiger partial charge in [0.25, 0.3) is 0 Å². The number of rotatable bonds is 5. The van der Waals surface area contributed by atoms with Crippen LogP contribution in [0.25, 0.3) is 0 Å². The highest BCUT2D eigenvalue weighted by molar-refractivity contribution is 7.99. The molecule has 0 aliphatic rings. The zero-order valence-electron chi connectivity index (χ0n) is 8.96. The molecule has 0 rings (SSSR count). The summed E-state index contributed by atoms with van der Waals surface area (Å²) in [5.74, 6) is 0.247. The summed E-state index contributed by atoms with van der Waals surface area (Å²) in [5.41, 5.74) is -0.562. The second-order valence-electron chi connectivity index (χ2n) is 3.44. The topological polar surface area (TPSA) is 52.6 Å². The van der Waals surface area contributed by atoms with Crippen LogP contribution in [0.15, 0.2) is 0 Å². The predicted octanol–water partition coefficient (Wildman–Crippen LogP) is 1.09. The Morgan fingerprint density at radius 1 is 1.21 bits per heavy atom. The molecule has 0 aromatic rings. The largest absolute Gasteiger partial charge is 0.469 e. The van der Waals surface area contributed by atoms with E-state index in [1.54, 1.807) is 13.8 Å². The summed E-state index contributed by atoms with van der Waals surface area (Å²) in [7, 11) is 2.70. The molecule has 0 saturated heterocycles. The van der Waals surface area contributed by atoms with Gasteiger partial charge in [0.15, 0.2) is 0 Å². The van der Waals surface area contributed by atoms with Crippen molar-refractivity contribution in [3.8, 4) is 0 Å². The van der Waals surface area contributed by atoms with Crippen LogP contribution >= 0.6 is 11.8 Å². The zero-order chi connectivity index (χ0) is 11.2. The highest BCUT2D eigenvalue weighted by Gasteiger charge is 2.28. The standard InChI is InChI=1S/C9H16O4S/c1-9(2,8(11)13-4)6-14-5-7(10)12-3/h5-6H2,1-4H3. The molecule has 0 bridgehead atoms. The maximum Gasteiger partial charge on any atom is 0.315 e. The summed E-state index contributed by atoms with van der Waals surface area (Å²) >= 11 is 1.36. The lowest BCUT2D eigenvalue weighted by Gasteiger charge is -2.20. The van der Waals surface area contributed by atoms with Crippen LogP contribution in [0, 0.1) is 5.41 Å². The smallest absolute Gasteiger partial charge is 0.315 e. The van der Waals surface area contributed by atoms with E-state index >= 15 is 0 Å². The van der Waals surface area contributed by atoms with Crippen LogP contribution in [-0.2, 0) is 19.1 Å². The maximum absolute atomic E-state index is 11.2. The molecule has 0 amide bonds. The van der Waals surface area contributed by atoms with Gasteiger partial charge in [-0.3, -0.25) is 9.59 Å². The molecular formula is C9H16O4S. The molecule has 0 unspecified atom stereocenters. The maximum atomic E-state index is 11.2. The molecule has 0 saturated carbocycles. The monoisotopic (exact) mass is 220 g/mol. The fourth-order valence-electron chi connectivity index (χ4n) is 0.784. The van der Waals surface area contributed by atoms with Crippen molar-refractivity contribution >= 4 is 23.7 Å². The Balaban J connectivity index is 3.88. The third-order valence-electron chi connectivity index (χ3n) is 1.65. The van der Waals surface area contributed by atoms with Crippen molar-refractivity contribution in [2.45, 2.75) is 13.8 Å². The number of esters is 2. The summed E-state index contributed by atoms with van der Waals surface area (Å²) in [5, 5.41) is 0. The molecule has 82 valence electrons. The minimum atomic E-state index is -0.562. The lowest BCUT2D eigenvalue weighted by atomic mass is 9.97. The SMILES string of the molecule is COC(=O)CSCC(C)(C)C(=O)OC. The molecule has 0 heterocycles. The van der Waals surface area contributed by atoms with Crippen molar-refractivity contribution in [2.24, 2.45) is 5.41 Å². The molecule has 0 aliphatic heterocycles. The van der Waals surface area contributed by atoms with Crippen LogP contribution in [0.1, 0.15) is 13.8 Å². The molecule has 0 radical (unpaired) electrons. The summed E-state index contributed by atoms with van der Waals surface area (Å²) in [6.45, 7) is 3.56. The molecule has 0 aliphatic carbocycles. The molecule has 4 nitrogen and oxygen atoms in total. The van der Waals surface area contributed by atoms with Gasteiger partial charge in [-0.1, -0.05) is 0 Å². The Morgan fingerprint density at radius 2 is 1.79 bits per heavy atom. The Bertz CT molecular complexity index is 213. The molecule has 14 heavy (non-hydrogen) atoms. The lowest BCUT2D eigenvalue weighted by molar-refractivity contribution is -0.149. The third-order valence-corrected chi connectivity index (χ3v) is 3.01. The number of carbonyl (C=O) groups excluding carboxylic acids is 2. The first kappa shape index (κ1) is 13.3. The van der Waals surface area contributed by atoms with Gasteiger partial charge in [0, 0.05) is 5.75 Å². The van der Waals surface area contributed by atoms with Gasteiger partial charge in [0.2, 0.25) is 0 Å². The Morgan fingerprint density at radius 3 is 2.21 bits per heavy atom. The average Bonchev–Trinajstić information content (AvgIpc) is 2.15. The van der Waals surface area contributed by atoms with Crippen molar-refractivity contribution in [1.29, 1.82) is 0 Å². The molecule has 5 heteroatoms. The van der Waals surface area contributed by atoms with Gasteiger partial charge in [-0.05, 0) is 13.8 Å². The quantitative estimate of drug-likeness (QED) is 0.649. The van der Waals surface area contributed by atoms with E-state index in [9.17, 15) is 9.59 Å². The van der Waals surface area contributed by atoms with E-state index in [1.165, 1.54) is 26.0 Å². The number of thioether (sulfide) groups is 1. The van der Waals surface area contributed by atoms with E-state index in [2.05, 4.69) is 9.47 Å². The highest BCUT2D eigenvalue weighted by Crippen LogP contribution is 2.23. The number of carbonyl (C=O) groups is 2. The Kier molecular flexibility index (Phi) is 5.60. The van der Waals surface area contributed by atoms with E-state index in [-0.39, 0.29) is 17.7 Å². The van der Waals surface area contributed by atoms with Crippen molar-refractivity contribution in [3.05, 3.63) is 0 Å². The van der Waals surface area contributed by atoms with Crippen LogP contribution in [0.2, 0.25) is 0 Å². The summed E-state index contributed by atoms with van der Waals surface area (Å²) in [6.07, 6.45) is 0. The second kappa shape index (κ2) is 5.90. The van der Waals surface area contributed by atoms with Gasteiger partial charge in [-0.15, -0.1) is 11.8 Å². The Labute approximate surface area is 88.3 Å². The van der Waals surface area contributed by atoms with E-state index in [4.69, 9.17) is 0 Å². The number of ether oxygens (including phenoxy) is 2. The van der Waals surface area contributed by atoms with Gasteiger partial charge in [-0.2, -0.15) is 0 Å². The average molecular weight is 220 g/mol. The first-order valence-electron chi connectivity index (χ1n) is 4.17. The van der Waals surface area contributed by atoms with Crippen molar-refractivity contribution < 1.29 is 19.1 Å². The van der Waals surface area contributed by atoms with Gasteiger partial charge in [0.1, 0.15) is 0 Å². The van der Waals surface area contributed by atoms with Gasteiger partial charge < -0.3 is 9.47 Å². The van der Waals surface area contributed by atoms with Crippen LogP contribution < -0.4 is 0 Å². The minimum Gasteiger partial charge on any atom is -0.469 e. The summed E-state index contributed by atoms with van der Waals surface area (Å²) < 4.78 is 9.11. The lowest BCUT2D eigenvalue weighted by Crippen LogP contribution is -2.28. The van der Waals surface area contributed by atoms with E-state index < -0.39 is 5.41 Å². The molecule has 0 aromatic heterocycles. The molecule has 0 fully saturated rings. The van der Waals surface area contributed by atoms with Gasteiger partial charge >= 0.3 is 11.9 Å². The van der Waals surface area contributed by atoms with Gasteiger partial charge in [0.05, 0.1) is 25.4 Å². The molecule has 0 aromatic carbocycles. The first-order valence-corrected chi connectivity index (χ1v) is 5.32. The van der Waals surface area contributed by atoms with Crippen LogP contribution in [0.5, 0.6) is 0 Å². The van der Waals surface area contributed by atoms with E-state index in [0.717, 1.165) is 0 Å². The summed E-state index contributed by atoms with van der Waals surface area (Å²) in [4.78, 5) is 22.0. The van der Waals surface area contributed by atoms with Crippen molar-refractivity contribution in [3.63, 3.8) is 0 Å². The van der Waals surface area contributed by atoms with E-state index in [0.29, 0.717) is 5.75 Å². The van der Waals surface area contributed by atoms with Crippen LogP contribution in [-0.4, -0.2) is 37.7 Å². The molecule has 0 spiro atoms. The first-order chi connectivity index (χ1) is 6.44. The molecule has 0 atom stereocenters. The minimum absolute atomic E-state index is 0.261. The second-order valence-corrected chi connectivity index (χ2v) is 4.43. The van der Waals surface area contributed by atoms with Crippen molar-refractivity contribution in [2.75, 3.05) is 25.7 Å². The Hall–Kier alpha value is -0.710. The fourth-order valence-corrected chi connectivity index (χ4v) is 1.80. The predicted molar refractivity (Wildman–Crippen MR) is 55.1 cm³/mol. The number of hydrogen-bond acceptors (Lipinski definition) is 5. The van der Waals surface area contributed by atoms with Crippen LogP contribution in [0.3, 0.4) is 0 Å². The number of methoxy groups -OCH3 is 2. The summed E-state index contributed by atoms with van der Waals surface area (Å²) in [6, 6.07) is 0. The normalized spacial score (nSPS) is 10.9. The molecule has 0 N–H and O–H groups in total. The molecular weight excluding hydrogens is 204 g/mol. The van der Waals surface area contributed by atoms with E-state index in [1.807, 2.05) is 0 Å². The zero-order valence-corrected chi connectivity index (χ0v) is 9.77. The van der Waals surface area contributed by atoms with Gasteiger partial charge in [-0.25, -0.2) is 0 Å². The third kappa shape index (κ3) is 4.50. The highest BCUT2D eigenvalue weighted by atomic mass is 32.2. The van der Waals surface area contributed by atoms with Crippen LogP contribution in [0.4, 0.5) is 0 Å². The fraction of sp³-hybridized carbons (Fsp3) is 0.778. The number of hydrogen-bond donors (Lipinski definition) is 0.